The normalized spacial score (nSPS) is 11.9. The third-order valence-corrected chi connectivity index (χ3v) is 3.07. The molecule has 0 aromatic carbocycles. The van der Waals surface area contributed by atoms with Crippen LogP contribution in [0, 0.1) is 0 Å². The van der Waals surface area contributed by atoms with Crippen molar-refractivity contribution < 1.29 is 0 Å². The van der Waals surface area contributed by atoms with E-state index in [1.54, 1.807) is 11.8 Å². The van der Waals surface area contributed by atoms with E-state index in [2.05, 4.69) is 44.5 Å². The van der Waals surface area contributed by atoms with Crippen LogP contribution in [0.1, 0.15) is 27.2 Å². The van der Waals surface area contributed by atoms with Crippen LogP contribution in [-0.4, -0.2) is 10.2 Å². The molecule has 1 atom stereocenters. The van der Waals surface area contributed by atoms with Crippen molar-refractivity contribution in [3.63, 3.8) is 0 Å². The molecule has 0 aliphatic carbocycles. The zero-order valence-corrected chi connectivity index (χ0v) is 11.1. The van der Waals surface area contributed by atoms with Gasteiger partial charge < -0.3 is 0 Å². The summed E-state index contributed by atoms with van der Waals surface area (Å²) >= 11 is 1.80. The fourth-order valence-corrected chi connectivity index (χ4v) is 2.72. The summed E-state index contributed by atoms with van der Waals surface area (Å²) in [5, 5.41) is 1.52. The summed E-state index contributed by atoms with van der Waals surface area (Å²) in [7, 11) is 0. The van der Waals surface area contributed by atoms with Gasteiger partial charge in [-0.1, -0.05) is 35.1 Å². The van der Waals surface area contributed by atoms with Gasteiger partial charge in [0.05, 0.1) is 5.03 Å². The number of hydrogen-bond acceptors (Lipinski definition) is 2. The quantitative estimate of drug-likeness (QED) is 0.549. The molecule has 1 unspecified atom stereocenters. The van der Waals surface area contributed by atoms with E-state index < -0.39 is 0 Å². The Morgan fingerprint density at radius 3 is 2.69 bits per heavy atom. The molecule has 1 aromatic heterocycles. The Morgan fingerprint density at radius 2 is 2.19 bits per heavy atom. The van der Waals surface area contributed by atoms with Crippen molar-refractivity contribution in [1.29, 1.82) is 0 Å². The molecule has 0 aliphatic heterocycles. The molecular formula is C14H19NS. The number of rotatable bonds is 5. The van der Waals surface area contributed by atoms with Gasteiger partial charge in [0.25, 0.3) is 0 Å². The highest BCUT2D eigenvalue weighted by Gasteiger charge is 2.08. The van der Waals surface area contributed by atoms with E-state index in [1.807, 2.05) is 18.3 Å². The van der Waals surface area contributed by atoms with Crippen molar-refractivity contribution >= 4 is 11.8 Å². The van der Waals surface area contributed by atoms with Crippen molar-refractivity contribution in [2.45, 2.75) is 37.5 Å². The smallest absolute Gasteiger partial charge is 0.0965 e. The lowest BCUT2D eigenvalue weighted by Gasteiger charge is -2.12. The minimum Gasteiger partial charge on any atom is -0.250 e. The molecule has 16 heavy (non-hydrogen) atoms. The molecule has 0 saturated carbocycles. The van der Waals surface area contributed by atoms with Crippen LogP contribution >= 0.6 is 11.8 Å². The summed E-state index contributed by atoms with van der Waals surface area (Å²) in [5.41, 5.74) is 2.56. The Hall–Kier alpha value is -1.02. The van der Waals surface area contributed by atoms with Crippen LogP contribution in [-0.2, 0) is 0 Å². The second-order valence-electron chi connectivity index (χ2n) is 4.23. The SMILES string of the molecule is C=C(C)CC(C=C(C)C)Sc1ccccn1. The number of thioether (sulfide) groups is 1. The van der Waals surface area contributed by atoms with E-state index >= 15 is 0 Å². The standard InChI is InChI=1S/C14H19NS/c1-11(2)9-13(10-12(3)4)16-14-7-5-6-8-15-14/h5-8,10,13H,1,9H2,2-4H3. The molecule has 1 nitrogen and oxygen atoms in total. The molecule has 86 valence electrons. The van der Waals surface area contributed by atoms with Crippen molar-refractivity contribution in [2.24, 2.45) is 0 Å². The molecular weight excluding hydrogens is 214 g/mol. The zero-order chi connectivity index (χ0) is 12.0. The molecule has 1 rings (SSSR count). The summed E-state index contributed by atoms with van der Waals surface area (Å²) in [6.07, 6.45) is 5.13. The Labute approximate surface area is 103 Å². The van der Waals surface area contributed by atoms with Gasteiger partial charge in [-0.25, -0.2) is 4.98 Å². The second kappa shape index (κ2) is 6.54. The first kappa shape index (κ1) is 13.0. The van der Waals surface area contributed by atoms with Gasteiger partial charge in [-0.2, -0.15) is 0 Å². The second-order valence-corrected chi connectivity index (χ2v) is 5.49. The van der Waals surface area contributed by atoms with Gasteiger partial charge in [-0.3, -0.25) is 0 Å². The van der Waals surface area contributed by atoms with Crippen LogP contribution in [0.15, 0.2) is 53.2 Å². The monoisotopic (exact) mass is 233 g/mol. The number of hydrogen-bond donors (Lipinski definition) is 0. The predicted molar refractivity (Wildman–Crippen MR) is 72.7 cm³/mol. The Kier molecular flexibility index (Phi) is 5.33. The van der Waals surface area contributed by atoms with E-state index in [1.165, 1.54) is 11.1 Å². The Balaban J connectivity index is 2.71. The largest absolute Gasteiger partial charge is 0.250 e. The van der Waals surface area contributed by atoms with Crippen LogP contribution in [0.3, 0.4) is 0 Å². The molecule has 2 heteroatoms. The van der Waals surface area contributed by atoms with Gasteiger partial charge >= 0.3 is 0 Å². The highest BCUT2D eigenvalue weighted by atomic mass is 32.2. The van der Waals surface area contributed by atoms with E-state index in [-0.39, 0.29) is 0 Å². The minimum absolute atomic E-state index is 0.442. The molecule has 1 aromatic rings. The van der Waals surface area contributed by atoms with Crippen molar-refractivity contribution in [1.82, 2.24) is 4.98 Å². The van der Waals surface area contributed by atoms with Crippen LogP contribution in [0.25, 0.3) is 0 Å². The molecule has 0 aliphatic rings. The topological polar surface area (TPSA) is 12.9 Å². The highest BCUT2D eigenvalue weighted by Crippen LogP contribution is 2.27. The maximum absolute atomic E-state index is 4.34. The number of allylic oxidation sites excluding steroid dienone is 2. The molecule has 1 heterocycles. The lowest BCUT2D eigenvalue weighted by atomic mass is 10.1. The first-order valence-corrected chi connectivity index (χ1v) is 6.33. The van der Waals surface area contributed by atoms with E-state index in [9.17, 15) is 0 Å². The Bertz CT molecular complexity index is 364. The highest BCUT2D eigenvalue weighted by molar-refractivity contribution is 8.00. The zero-order valence-electron chi connectivity index (χ0n) is 10.2. The average Bonchev–Trinajstić information content (AvgIpc) is 2.16. The van der Waals surface area contributed by atoms with Crippen LogP contribution in [0.5, 0.6) is 0 Å². The maximum Gasteiger partial charge on any atom is 0.0965 e. The molecule has 0 N–H and O–H groups in total. The van der Waals surface area contributed by atoms with Crippen LogP contribution in [0.2, 0.25) is 0 Å². The first-order valence-electron chi connectivity index (χ1n) is 5.45. The lowest BCUT2D eigenvalue weighted by Crippen LogP contribution is -2.00. The number of nitrogens with zero attached hydrogens (tertiary/aromatic N) is 1. The summed E-state index contributed by atoms with van der Waals surface area (Å²) in [5.74, 6) is 0. The molecule has 0 amide bonds. The van der Waals surface area contributed by atoms with Gasteiger partial charge in [-0.05, 0) is 39.3 Å². The van der Waals surface area contributed by atoms with Crippen molar-refractivity contribution in [2.75, 3.05) is 0 Å². The van der Waals surface area contributed by atoms with Crippen molar-refractivity contribution in [3.05, 3.63) is 48.2 Å². The van der Waals surface area contributed by atoms with Crippen molar-refractivity contribution in [3.8, 4) is 0 Å². The minimum atomic E-state index is 0.442. The summed E-state index contributed by atoms with van der Waals surface area (Å²) in [6.45, 7) is 10.3. The third-order valence-electron chi connectivity index (χ3n) is 1.98. The summed E-state index contributed by atoms with van der Waals surface area (Å²) in [4.78, 5) is 4.34. The number of aromatic nitrogens is 1. The van der Waals surface area contributed by atoms with Crippen LogP contribution in [0.4, 0.5) is 0 Å². The third kappa shape index (κ3) is 5.17. The lowest BCUT2D eigenvalue weighted by molar-refractivity contribution is 0.981. The molecule has 0 bridgehead atoms. The Morgan fingerprint density at radius 1 is 1.44 bits per heavy atom. The first-order chi connectivity index (χ1) is 7.58. The average molecular weight is 233 g/mol. The molecule has 0 spiro atoms. The van der Waals surface area contributed by atoms with Gasteiger partial charge in [0.1, 0.15) is 0 Å². The van der Waals surface area contributed by atoms with Crippen LogP contribution < -0.4 is 0 Å². The fraction of sp³-hybridized carbons (Fsp3) is 0.357. The maximum atomic E-state index is 4.34. The van der Waals surface area contributed by atoms with E-state index in [0.717, 1.165) is 11.4 Å². The van der Waals surface area contributed by atoms with E-state index in [0.29, 0.717) is 5.25 Å². The fourth-order valence-electron chi connectivity index (χ4n) is 1.42. The predicted octanol–water partition coefficient (Wildman–Crippen LogP) is 4.47. The van der Waals surface area contributed by atoms with E-state index in [4.69, 9.17) is 0 Å². The van der Waals surface area contributed by atoms with Gasteiger partial charge in [-0.15, -0.1) is 6.58 Å². The van der Waals surface area contributed by atoms with Gasteiger partial charge in [0.15, 0.2) is 0 Å². The molecule has 0 saturated heterocycles. The van der Waals surface area contributed by atoms with Gasteiger partial charge in [0.2, 0.25) is 0 Å². The number of pyridine rings is 1. The summed E-state index contributed by atoms with van der Waals surface area (Å²) in [6, 6.07) is 6.02. The van der Waals surface area contributed by atoms with Gasteiger partial charge in [0, 0.05) is 11.4 Å². The molecule has 0 fully saturated rings. The summed E-state index contributed by atoms with van der Waals surface area (Å²) < 4.78 is 0. The molecule has 0 radical (unpaired) electrons.